The Kier molecular flexibility index (Phi) is 4.75. The van der Waals surface area contributed by atoms with Crippen LogP contribution in [0.2, 0.25) is 5.02 Å². The number of likely N-dealkylation sites (tertiary alicyclic amines) is 1. The predicted molar refractivity (Wildman–Crippen MR) is 82.6 cm³/mol. The fourth-order valence-electron chi connectivity index (χ4n) is 2.96. The Bertz CT molecular complexity index is 608. The molecule has 7 nitrogen and oxygen atoms in total. The molecule has 3 heterocycles. The molecule has 0 N–H and O–H groups in total. The highest BCUT2D eigenvalue weighted by atomic mass is 35.5. The zero-order valence-corrected chi connectivity index (χ0v) is 13.8. The Morgan fingerprint density at radius 1 is 1.35 bits per heavy atom. The number of esters is 1. The lowest BCUT2D eigenvalue weighted by atomic mass is 9.97. The first kappa shape index (κ1) is 16.1. The average molecular weight is 342 g/mol. The Morgan fingerprint density at radius 3 is 2.74 bits per heavy atom. The molecule has 0 aliphatic carbocycles. The van der Waals surface area contributed by atoms with Crippen molar-refractivity contribution >= 4 is 23.5 Å². The fraction of sp³-hybridized carbons (Fsp3) is 0.667. The number of nitrogens with zero attached hydrogens (tertiary/aromatic N) is 3. The van der Waals surface area contributed by atoms with Crippen molar-refractivity contribution in [3.05, 3.63) is 10.7 Å². The summed E-state index contributed by atoms with van der Waals surface area (Å²) in [6, 6.07) is 0. The van der Waals surface area contributed by atoms with Crippen LogP contribution in [0.4, 0.5) is 0 Å². The highest BCUT2D eigenvalue weighted by Crippen LogP contribution is 2.32. The molecule has 1 saturated heterocycles. The van der Waals surface area contributed by atoms with Crippen molar-refractivity contribution in [3.63, 3.8) is 0 Å². The second-order valence-electron chi connectivity index (χ2n) is 5.71. The summed E-state index contributed by atoms with van der Waals surface area (Å²) in [7, 11) is 0. The van der Waals surface area contributed by atoms with Crippen molar-refractivity contribution in [2.45, 2.75) is 32.7 Å². The number of fused-ring (bicyclic) bond motifs is 1. The highest BCUT2D eigenvalue weighted by molar-refractivity contribution is 6.34. The second-order valence-corrected chi connectivity index (χ2v) is 6.09. The van der Waals surface area contributed by atoms with E-state index in [4.69, 9.17) is 21.1 Å². The van der Waals surface area contributed by atoms with E-state index in [0.717, 1.165) is 6.42 Å². The summed E-state index contributed by atoms with van der Waals surface area (Å²) in [4.78, 5) is 26.1. The number of carbonyl (C=O) groups excluding carboxylic acids is 2. The molecule has 126 valence electrons. The van der Waals surface area contributed by atoms with Gasteiger partial charge in [-0.3, -0.25) is 9.59 Å². The van der Waals surface area contributed by atoms with Gasteiger partial charge in [-0.2, -0.15) is 5.10 Å². The number of hydrogen-bond donors (Lipinski definition) is 0. The predicted octanol–water partition coefficient (Wildman–Crippen LogP) is 1.73. The lowest BCUT2D eigenvalue weighted by Crippen LogP contribution is -2.41. The van der Waals surface area contributed by atoms with Gasteiger partial charge >= 0.3 is 5.97 Å². The number of aryl methyl sites for hydroxylation is 1. The van der Waals surface area contributed by atoms with Crippen molar-refractivity contribution < 1.29 is 19.1 Å². The molecule has 0 unspecified atom stereocenters. The molecule has 1 amide bonds. The van der Waals surface area contributed by atoms with Crippen molar-refractivity contribution in [3.8, 4) is 5.88 Å². The van der Waals surface area contributed by atoms with Crippen LogP contribution in [0.1, 0.15) is 36.7 Å². The van der Waals surface area contributed by atoms with E-state index in [9.17, 15) is 9.59 Å². The van der Waals surface area contributed by atoms with E-state index >= 15 is 0 Å². The number of amides is 1. The molecule has 0 spiro atoms. The Labute approximate surface area is 139 Å². The van der Waals surface area contributed by atoms with Crippen molar-refractivity contribution in [1.82, 2.24) is 14.7 Å². The standard InChI is InChI=1S/C15H20ClN3O4/c1-2-22-15(21)10-4-7-18(8-5-10)13(20)12-11(16)14-19(17-12)6-3-9-23-14/h10H,2-9H2,1H3. The molecule has 1 aromatic rings. The molecule has 0 atom stereocenters. The first-order valence-electron chi connectivity index (χ1n) is 7.96. The van der Waals surface area contributed by atoms with Crippen molar-refractivity contribution in [2.75, 3.05) is 26.3 Å². The number of carbonyl (C=O) groups is 2. The highest BCUT2D eigenvalue weighted by Gasteiger charge is 2.32. The summed E-state index contributed by atoms with van der Waals surface area (Å²) in [6.07, 6.45) is 2.06. The van der Waals surface area contributed by atoms with E-state index in [1.165, 1.54) is 0 Å². The van der Waals surface area contributed by atoms with Gasteiger partial charge in [0, 0.05) is 26.1 Å². The van der Waals surface area contributed by atoms with E-state index < -0.39 is 0 Å². The van der Waals surface area contributed by atoms with E-state index in [1.807, 2.05) is 0 Å². The van der Waals surface area contributed by atoms with Gasteiger partial charge in [-0.25, -0.2) is 4.68 Å². The molecule has 1 aromatic heterocycles. The zero-order chi connectivity index (χ0) is 16.4. The van der Waals surface area contributed by atoms with Crippen LogP contribution >= 0.6 is 11.6 Å². The third kappa shape index (κ3) is 3.15. The number of rotatable bonds is 3. The third-order valence-electron chi connectivity index (χ3n) is 4.21. The molecule has 2 aliphatic heterocycles. The van der Waals surface area contributed by atoms with E-state index in [2.05, 4.69) is 5.10 Å². The summed E-state index contributed by atoms with van der Waals surface area (Å²) in [5.74, 6) is -0.0398. The summed E-state index contributed by atoms with van der Waals surface area (Å²) in [6.45, 7) is 4.47. The molecule has 1 fully saturated rings. The third-order valence-corrected chi connectivity index (χ3v) is 4.55. The topological polar surface area (TPSA) is 73.7 Å². The molecule has 0 radical (unpaired) electrons. The van der Waals surface area contributed by atoms with E-state index in [0.29, 0.717) is 51.6 Å². The van der Waals surface area contributed by atoms with Crippen LogP contribution in [0.3, 0.4) is 0 Å². The Hall–Kier alpha value is -1.76. The number of hydrogen-bond acceptors (Lipinski definition) is 5. The van der Waals surface area contributed by atoms with Gasteiger partial charge < -0.3 is 14.4 Å². The largest absolute Gasteiger partial charge is 0.477 e. The summed E-state index contributed by atoms with van der Waals surface area (Å²) < 4.78 is 12.2. The Balaban J connectivity index is 1.66. The van der Waals surface area contributed by atoms with Crippen LogP contribution in [0.25, 0.3) is 0 Å². The van der Waals surface area contributed by atoms with Crippen molar-refractivity contribution in [2.24, 2.45) is 5.92 Å². The van der Waals surface area contributed by atoms with Gasteiger partial charge in [-0.15, -0.1) is 0 Å². The molecule has 23 heavy (non-hydrogen) atoms. The van der Waals surface area contributed by atoms with Crippen LogP contribution in [-0.4, -0.2) is 52.9 Å². The molecule has 2 aliphatic rings. The second kappa shape index (κ2) is 6.78. The van der Waals surface area contributed by atoms with Crippen molar-refractivity contribution in [1.29, 1.82) is 0 Å². The average Bonchev–Trinajstić information content (AvgIpc) is 2.92. The van der Waals surface area contributed by atoms with Gasteiger partial charge in [-0.05, 0) is 19.8 Å². The number of ether oxygens (including phenoxy) is 2. The SMILES string of the molecule is CCOC(=O)C1CCN(C(=O)c2nn3c(c2Cl)OCCC3)CC1. The minimum absolute atomic E-state index is 0.131. The minimum atomic E-state index is -0.206. The van der Waals surface area contributed by atoms with Gasteiger partial charge in [0.2, 0.25) is 5.88 Å². The van der Waals surface area contributed by atoms with Crippen LogP contribution in [0, 0.1) is 5.92 Å². The fourth-order valence-corrected chi connectivity index (χ4v) is 3.23. The van der Waals surface area contributed by atoms with Gasteiger partial charge in [-0.1, -0.05) is 11.6 Å². The molecule has 0 bridgehead atoms. The number of piperidine rings is 1. The maximum atomic E-state index is 12.6. The normalized spacial score (nSPS) is 18.3. The maximum absolute atomic E-state index is 12.6. The van der Waals surface area contributed by atoms with Crippen LogP contribution in [-0.2, 0) is 16.1 Å². The van der Waals surface area contributed by atoms with Gasteiger partial charge in [0.25, 0.3) is 5.91 Å². The van der Waals surface area contributed by atoms with Gasteiger partial charge in [0.15, 0.2) is 5.69 Å². The lowest BCUT2D eigenvalue weighted by molar-refractivity contribution is -0.149. The molecular weight excluding hydrogens is 322 g/mol. The first-order valence-corrected chi connectivity index (χ1v) is 8.34. The molecule has 0 aromatic carbocycles. The summed E-state index contributed by atoms with van der Waals surface area (Å²) >= 11 is 6.25. The first-order chi connectivity index (χ1) is 11.1. The quantitative estimate of drug-likeness (QED) is 0.783. The zero-order valence-electron chi connectivity index (χ0n) is 13.1. The minimum Gasteiger partial charge on any atom is -0.477 e. The Morgan fingerprint density at radius 2 is 2.09 bits per heavy atom. The number of halogens is 1. The molecular formula is C15H20ClN3O4. The molecule has 8 heteroatoms. The lowest BCUT2D eigenvalue weighted by Gasteiger charge is -2.30. The maximum Gasteiger partial charge on any atom is 0.309 e. The van der Waals surface area contributed by atoms with Gasteiger partial charge in [0.05, 0.1) is 19.1 Å². The van der Waals surface area contributed by atoms with Crippen LogP contribution < -0.4 is 4.74 Å². The molecule has 0 saturated carbocycles. The smallest absolute Gasteiger partial charge is 0.309 e. The summed E-state index contributed by atoms with van der Waals surface area (Å²) in [5.41, 5.74) is 0.234. The van der Waals surface area contributed by atoms with Gasteiger partial charge in [0.1, 0.15) is 5.02 Å². The number of aromatic nitrogens is 2. The van der Waals surface area contributed by atoms with E-state index in [-0.39, 0.29) is 28.5 Å². The van der Waals surface area contributed by atoms with Crippen LogP contribution in [0.15, 0.2) is 0 Å². The monoisotopic (exact) mass is 341 g/mol. The van der Waals surface area contributed by atoms with Crippen LogP contribution in [0.5, 0.6) is 5.88 Å². The van der Waals surface area contributed by atoms with E-state index in [1.54, 1.807) is 16.5 Å². The molecule has 3 rings (SSSR count). The summed E-state index contributed by atoms with van der Waals surface area (Å²) in [5, 5.41) is 4.57.